The quantitative estimate of drug-likeness (QED) is 0.666. The molecule has 0 unspecified atom stereocenters. The molecular weight excluding hydrogens is 264 g/mol. The molecule has 2 aromatic rings. The predicted molar refractivity (Wildman–Crippen MR) is 68.7 cm³/mol. The zero-order chi connectivity index (χ0) is 11.4. The minimum Gasteiger partial charge on any atom is -0.299 e. The van der Waals surface area contributed by atoms with Crippen LogP contribution < -0.4 is 10.6 Å². The molecule has 8 heteroatoms. The molecule has 0 aromatic carbocycles. The summed E-state index contributed by atoms with van der Waals surface area (Å²) in [4.78, 5) is 11.5. The Kier molecular flexibility index (Phi) is 3.75. The number of hydrogen-bond donors (Lipinski definition) is 2. The molecule has 2 aromatic heterocycles. The van der Waals surface area contributed by atoms with Crippen molar-refractivity contribution in [3.8, 4) is 0 Å². The van der Waals surface area contributed by atoms with Crippen molar-refractivity contribution < 1.29 is 4.79 Å². The van der Waals surface area contributed by atoms with Gasteiger partial charge in [-0.25, -0.2) is 4.79 Å². The van der Waals surface area contributed by atoms with Gasteiger partial charge in [0.25, 0.3) is 0 Å². The van der Waals surface area contributed by atoms with Crippen molar-refractivity contribution in [2.45, 2.75) is 4.34 Å². The van der Waals surface area contributed by atoms with Crippen LogP contribution in [0.25, 0.3) is 0 Å². The zero-order valence-electron chi connectivity index (χ0n) is 8.26. The number of thioether (sulfide) groups is 1. The van der Waals surface area contributed by atoms with Crippen LogP contribution in [0, 0.1) is 0 Å². The van der Waals surface area contributed by atoms with Gasteiger partial charge in [0.15, 0.2) is 4.34 Å². The second-order valence-corrected chi connectivity index (χ2v) is 5.61. The van der Waals surface area contributed by atoms with E-state index in [1.54, 1.807) is 0 Å². The van der Waals surface area contributed by atoms with Gasteiger partial charge in [-0.3, -0.25) is 10.6 Å². The van der Waals surface area contributed by atoms with Crippen molar-refractivity contribution in [3.63, 3.8) is 0 Å². The van der Waals surface area contributed by atoms with E-state index in [0.29, 0.717) is 5.13 Å². The lowest BCUT2D eigenvalue weighted by atomic mass is 10.6. The van der Waals surface area contributed by atoms with Crippen LogP contribution in [0.4, 0.5) is 14.9 Å². The maximum absolute atomic E-state index is 11.5. The summed E-state index contributed by atoms with van der Waals surface area (Å²) in [5.41, 5.74) is 0. The number of thiophene rings is 1. The summed E-state index contributed by atoms with van der Waals surface area (Å²) in [7, 11) is 0. The number of carbonyl (C=O) groups is 1. The highest BCUT2D eigenvalue weighted by molar-refractivity contribution is 8.00. The summed E-state index contributed by atoms with van der Waals surface area (Å²) in [6.07, 6.45) is 1.91. The molecule has 2 heterocycles. The average molecular weight is 272 g/mol. The van der Waals surface area contributed by atoms with Crippen molar-refractivity contribution in [2.24, 2.45) is 0 Å². The number of amides is 2. The number of urea groups is 1. The summed E-state index contributed by atoms with van der Waals surface area (Å²) in [5, 5.41) is 16.2. The summed E-state index contributed by atoms with van der Waals surface area (Å²) < 4.78 is 0.825. The average Bonchev–Trinajstić information content (AvgIpc) is 2.89. The maximum Gasteiger partial charge on any atom is 0.326 e. The van der Waals surface area contributed by atoms with Gasteiger partial charge in [-0.05, 0) is 23.8 Å². The Hall–Kier alpha value is -1.12. The third kappa shape index (κ3) is 2.94. The highest BCUT2D eigenvalue weighted by atomic mass is 32.2. The predicted octanol–water partition coefficient (Wildman–Crippen LogP) is 2.97. The molecule has 84 valence electrons. The van der Waals surface area contributed by atoms with Gasteiger partial charge in [0.05, 0.1) is 5.00 Å². The van der Waals surface area contributed by atoms with Crippen molar-refractivity contribution in [1.29, 1.82) is 0 Å². The van der Waals surface area contributed by atoms with Crippen LogP contribution in [0.15, 0.2) is 21.9 Å². The van der Waals surface area contributed by atoms with Crippen molar-refractivity contribution in [3.05, 3.63) is 17.5 Å². The molecule has 2 rings (SSSR count). The number of hydrogen-bond acceptors (Lipinski definition) is 6. The monoisotopic (exact) mass is 272 g/mol. The molecule has 0 atom stereocenters. The maximum atomic E-state index is 11.5. The van der Waals surface area contributed by atoms with E-state index in [4.69, 9.17) is 0 Å². The van der Waals surface area contributed by atoms with Gasteiger partial charge in [0.1, 0.15) is 0 Å². The number of rotatable bonds is 3. The lowest BCUT2D eigenvalue weighted by molar-refractivity contribution is 0.262. The fourth-order valence-corrected chi connectivity index (χ4v) is 2.71. The van der Waals surface area contributed by atoms with Crippen molar-refractivity contribution in [2.75, 3.05) is 16.9 Å². The van der Waals surface area contributed by atoms with Gasteiger partial charge >= 0.3 is 6.03 Å². The Morgan fingerprint density at radius 3 is 2.94 bits per heavy atom. The summed E-state index contributed by atoms with van der Waals surface area (Å²) >= 11 is 4.31. The SMILES string of the molecule is CSc1nnc(NC(=O)Nc2cccs2)s1. The van der Waals surface area contributed by atoms with Gasteiger partial charge < -0.3 is 0 Å². The van der Waals surface area contributed by atoms with Crippen LogP contribution in [0.3, 0.4) is 0 Å². The van der Waals surface area contributed by atoms with E-state index >= 15 is 0 Å². The molecule has 16 heavy (non-hydrogen) atoms. The van der Waals surface area contributed by atoms with E-state index in [-0.39, 0.29) is 6.03 Å². The van der Waals surface area contributed by atoms with E-state index in [9.17, 15) is 4.79 Å². The van der Waals surface area contributed by atoms with Gasteiger partial charge in [-0.15, -0.1) is 21.5 Å². The third-order valence-electron chi connectivity index (χ3n) is 1.56. The van der Waals surface area contributed by atoms with Crippen LogP contribution >= 0.6 is 34.4 Å². The summed E-state index contributed by atoms with van der Waals surface area (Å²) in [6.45, 7) is 0. The Balaban J connectivity index is 1.92. The molecule has 2 amide bonds. The Morgan fingerprint density at radius 2 is 2.31 bits per heavy atom. The number of aromatic nitrogens is 2. The molecule has 0 saturated carbocycles. The molecule has 0 radical (unpaired) electrons. The van der Waals surface area contributed by atoms with E-state index in [2.05, 4.69) is 20.8 Å². The highest BCUT2D eigenvalue weighted by Gasteiger charge is 2.07. The molecule has 0 spiro atoms. The standard InChI is InChI=1S/C8H8N4OS3/c1-14-8-12-11-7(16-8)10-6(13)9-5-3-2-4-15-5/h2-4H,1H3,(H2,9,10,11,13). The van der Waals surface area contributed by atoms with Gasteiger partial charge in [0, 0.05) is 0 Å². The van der Waals surface area contributed by atoms with Crippen molar-refractivity contribution >= 4 is 50.6 Å². The second-order valence-electron chi connectivity index (χ2n) is 2.63. The second kappa shape index (κ2) is 5.28. The highest BCUT2D eigenvalue weighted by Crippen LogP contribution is 2.23. The van der Waals surface area contributed by atoms with Crippen LogP contribution in [0.2, 0.25) is 0 Å². The Bertz CT molecular complexity index is 467. The number of nitrogens with zero attached hydrogens (tertiary/aromatic N) is 2. The van der Waals surface area contributed by atoms with Crippen LogP contribution in [-0.4, -0.2) is 22.5 Å². The lowest BCUT2D eigenvalue weighted by Gasteiger charge is -2.00. The molecular formula is C8H8N4OS3. The Labute approximate surface area is 104 Å². The third-order valence-corrected chi connectivity index (χ3v) is 4.16. The largest absolute Gasteiger partial charge is 0.326 e. The first-order chi connectivity index (χ1) is 7.78. The smallest absolute Gasteiger partial charge is 0.299 e. The minimum absolute atomic E-state index is 0.300. The topological polar surface area (TPSA) is 66.9 Å². The van der Waals surface area contributed by atoms with Gasteiger partial charge in [0.2, 0.25) is 5.13 Å². The molecule has 0 aliphatic heterocycles. The Morgan fingerprint density at radius 1 is 1.44 bits per heavy atom. The fourth-order valence-electron chi connectivity index (χ4n) is 0.933. The van der Waals surface area contributed by atoms with Gasteiger partial charge in [-0.2, -0.15) is 0 Å². The zero-order valence-corrected chi connectivity index (χ0v) is 10.7. The molecule has 0 saturated heterocycles. The molecule has 2 N–H and O–H groups in total. The van der Waals surface area contributed by atoms with Crippen LogP contribution in [-0.2, 0) is 0 Å². The van der Waals surface area contributed by atoms with Gasteiger partial charge in [-0.1, -0.05) is 23.1 Å². The number of carbonyl (C=O) groups excluding carboxylic acids is 1. The van der Waals surface area contributed by atoms with E-state index in [1.165, 1.54) is 34.4 Å². The molecule has 0 aliphatic rings. The first-order valence-electron chi connectivity index (χ1n) is 4.27. The number of nitrogens with one attached hydrogen (secondary N) is 2. The van der Waals surface area contributed by atoms with E-state index in [1.807, 2.05) is 23.8 Å². The minimum atomic E-state index is -0.300. The molecule has 0 aliphatic carbocycles. The fraction of sp³-hybridized carbons (Fsp3) is 0.125. The normalized spacial score (nSPS) is 10.1. The van der Waals surface area contributed by atoms with E-state index in [0.717, 1.165) is 9.34 Å². The molecule has 0 bridgehead atoms. The first kappa shape index (κ1) is 11.4. The number of anilines is 2. The molecule has 0 fully saturated rings. The molecule has 5 nitrogen and oxygen atoms in total. The van der Waals surface area contributed by atoms with E-state index < -0.39 is 0 Å². The summed E-state index contributed by atoms with van der Waals surface area (Å²) in [5.74, 6) is 0. The van der Waals surface area contributed by atoms with Crippen molar-refractivity contribution in [1.82, 2.24) is 10.2 Å². The van der Waals surface area contributed by atoms with Crippen LogP contribution in [0.5, 0.6) is 0 Å². The van der Waals surface area contributed by atoms with Crippen LogP contribution in [0.1, 0.15) is 0 Å². The lowest BCUT2D eigenvalue weighted by Crippen LogP contribution is -2.18. The summed E-state index contributed by atoms with van der Waals surface area (Å²) in [6, 6.07) is 3.40. The first-order valence-corrected chi connectivity index (χ1v) is 7.19.